The molecule has 8 nitrogen and oxygen atoms in total. The number of hydrogen-bond donors (Lipinski definition) is 3. The Morgan fingerprint density at radius 1 is 1.19 bits per heavy atom. The van der Waals surface area contributed by atoms with Gasteiger partial charge in [0.15, 0.2) is 11.0 Å². The molecule has 0 aliphatic carbocycles. The number of fused-ring (bicyclic) bond motifs is 1. The van der Waals surface area contributed by atoms with Gasteiger partial charge in [-0.1, -0.05) is 30.7 Å². The highest BCUT2D eigenvalue weighted by Crippen LogP contribution is 2.33. The Hall–Kier alpha value is -3.52. The normalized spacial score (nSPS) is 11.7. The second-order valence-corrected chi connectivity index (χ2v) is 7.72. The fourth-order valence-electron chi connectivity index (χ4n) is 2.95. The van der Waals surface area contributed by atoms with Crippen LogP contribution in [0.3, 0.4) is 0 Å². The molecule has 2 aromatic carbocycles. The fourth-order valence-corrected chi connectivity index (χ4v) is 3.16. The van der Waals surface area contributed by atoms with Crippen LogP contribution >= 0.6 is 11.6 Å². The number of aliphatic carboxylic acids is 1. The van der Waals surface area contributed by atoms with Crippen LogP contribution in [0.15, 0.2) is 51.7 Å². The Morgan fingerprint density at radius 3 is 2.72 bits per heavy atom. The summed E-state index contributed by atoms with van der Waals surface area (Å²) >= 11 is 6.21. The van der Waals surface area contributed by atoms with Crippen LogP contribution in [-0.4, -0.2) is 36.8 Å². The van der Waals surface area contributed by atoms with Crippen LogP contribution in [0.25, 0.3) is 22.3 Å². The van der Waals surface area contributed by atoms with Gasteiger partial charge < -0.3 is 24.9 Å². The number of carboxylic acid groups (broad SMARTS) is 1. The van der Waals surface area contributed by atoms with Gasteiger partial charge in [0.1, 0.15) is 18.1 Å². The van der Waals surface area contributed by atoms with Crippen molar-refractivity contribution in [2.24, 2.45) is 5.92 Å². The second-order valence-electron chi connectivity index (χ2n) is 7.32. The molecule has 0 aliphatic heterocycles. The third-order valence-electron chi connectivity index (χ3n) is 4.74. The number of amides is 2. The van der Waals surface area contributed by atoms with Crippen molar-refractivity contribution in [3.63, 3.8) is 0 Å². The molecule has 0 aliphatic rings. The molecule has 32 heavy (non-hydrogen) atoms. The van der Waals surface area contributed by atoms with Crippen molar-refractivity contribution >= 4 is 34.6 Å². The quantitative estimate of drug-likeness (QED) is 0.442. The lowest BCUT2D eigenvalue weighted by molar-refractivity contribution is -0.140. The topological polar surface area (TPSA) is 118 Å². The van der Waals surface area contributed by atoms with Gasteiger partial charge in [0.2, 0.25) is 0 Å². The molecule has 1 heterocycles. The summed E-state index contributed by atoms with van der Waals surface area (Å²) in [6, 6.07) is 11.4. The first kappa shape index (κ1) is 23.1. The molecule has 3 aromatic rings. The number of aryl methyl sites for hydroxylation is 1. The standard InChI is InChI=1S/C23H23ClN2O6/c1-13-6-7-16(20-11-18(27)15-4-3-5-17(24)21(15)32-20)19(10-13)31-9-8-25-23(30)26-12-14(2)22(28)29/h3-7,10-11,14H,8-9,12H2,1-2H3,(H,28,29)(H2,25,26,30)/t14-/m0/s1. The van der Waals surface area contributed by atoms with Crippen LogP contribution < -0.4 is 20.8 Å². The van der Waals surface area contributed by atoms with E-state index in [0.717, 1.165) is 5.56 Å². The lowest BCUT2D eigenvalue weighted by Gasteiger charge is -2.14. The maximum absolute atomic E-state index is 12.5. The SMILES string of the molecule is Cc1ccc(-c2cc(=O)c3cccc(Cl)c3o2)c(OCCNC(=O)NC[C@H](C)C(=O)O)c1. The molecule has 1 atom stereocenters. The van der Waals surface area contributed by atoms with Crippen LogP contribution in [0.2, 0.25) is 5.02 Å². The molecular formula is C23H23ClN2O6. The van der Waals surface area contributed by atoms with E-state index in [-0.39, 0.29) is 25.1 Å². The van der Waals surface area contributed by atoms with Gasteiger partial charge in [-0.3, -0.25) is 9.59 Å². The fraction of sp³-hybridized carbons (Fsp3) is 0.261. The molecule has 168 valence electrons. The monoisotopic (exact) mass is 458 g/mol. The predicted molar refractivity (Wildman–Crippen MR) is 121 cm³/mol. The summed E-state index contributed by atoms with van der Waals surface area (Å²) in [4.78, 5) is 35.1. The van der Waals surface area contributed by atoms with Gasteiger partial charge in [0.25, 0.3) is 0 Å². The number of carboxylic acids is 1. The third-order valence-corrected chi connectivity index (χ3v) is 5.04. The summed E-state index contributed by atoms with van der Waals surface area (Å²) in [5.74, 6) is -0.862. The minimum absolute atomic E-state index is 0.0214. The minimum Gasteiger partial charge on any atom is -0.491 e. The number of hydrogen-bond acceptors (Lipinski definition) is 5. The summed E-state index contributed by atoms with van der Waals surface area (Å²) in [5, 5.41) is 14.7. The number of urea groups is 1. The number of rotatable bonds is 8. The predicted octanol–water partition coefficient (Wildman–Crippen LogP) is 3.82. The maximum atomic E-state index is 12.5. The van der Waals surface area contributed by atoms with Crippen molar-refractivity contribution in [3.05, 3.63) is 63.3 Å². The molecule has 0 unspecified atom stereocenters. The summed E-state index contributed by atoms with van der Waals surface area (Å²) < 4.78 is 11.8. The molecule has 0 bridgehead atoms. The molecule has 1 aromatic heterocycles. The van der Waals surface area contributed by atoms with Crippen LogP contribution in [0.5, 0.6) is 5.75 Å². The van der Waals surface area contributed by atoms with E-state index < -0.39 is 17.9 Å². The molecular weight excluding hydrogens is 436 g/mol. The lowest BCUT2D eigenvalue weighted by Crippen LogP contribution is -2.40. The van der Waals surface area contributed by atoms with E-state index in [0.29, 0.717) is 33.1 Å². The van der Waals surface area contributed by atoms with E-state index in [9.17, 15) is 14.4 Å². The van der Waals surface area contributed by atoms with E-state index in [2.05, 4.69) is 10.6 Å². The van der Waals surface area contributed by atoms with Crippen LogP contribution in [0.4, 0.5) is 4.79 Å². The van der Waals surface area contributed by atoms with Gasteiger partial charge in [0, 0.05) is 12.6 Å². The highest BCUT2D eigenvalue weighted by atomic mass is 35.5. The maximum Gasteiger partial charge on any atom is 0.314 e. The smallest absolute Gasteiger partial charge is 0.314 e. The Morgan fingerprint density at radius 2 is 1.97 bits per heavy atom. The zero-order valence-electron chi connectivity index (χ0n) is 17.6. The van der Waals surface area contributed by atoms with Gasteiger partial charge in [-0.05, 0) is 36.8 Å². The third kappa shape index (κ3) is 5.59. The van der Waals surface area contributed by atoms with Crippen molar-refractivity contribution in [3.8, 4) is 17.1 Å². The Kier molecular flexibility index (Phi) is 7.37. The van der Waals surface area contributed by atoms with Crippen molar-refractivity contribution < 1.29 is 23.8 Å². The molecule has 0 fully saturated rings. The summed E-state index contributed by atoms with van der Waals surface area (Å²) in [6.07, 6.45) is 0. The van der Waals surface area contributed by atoms with E-state index in [4.69, 9.17) is 25.9 Å². The Balaban J connectivity index is 1.71. The van der Waals surface area contributed by atoms with Gasteiger partial charge >= 0.3 is 12.0 Å². The molecule has 9 heteroatoms. The van der Waals surface area contributed by atoms with Gasteiger partial charge in [0.05, 0.1) is 28.4 Å². The number of carbonyl (C=O) groups is 2. The van der Waals surface area contributed by atoms with Crippen LogP contribution in [0, 0.1) is 12.8 Å². The molecule has 0 saturated heterocycles. The highest BCUT2D eigenvalue weighted by molar-refractivity contribution is 6.34. The van der Waals surface area contributed by atoms with E-state index in [1.54, 1.807) is 30.3 Å². The van der Waals surface area contributed by atoms with Gasteiger partial charge in [-0.15, -0.1) is 0 Å². The largest absolute Gasteiger partial charge is 0.491 e. The minimum atomic E-state index is -0.984. The molecule has 0 radical (unpaired) electrons. The van der Waals surface area contributed by atoms with Crippen LogP contribution in [-0.2, 0) is 4.79 Å². The second kappa shape index (κ2) is 10.2. The van der Waals surface area contributed by atoms with E-state index >= 15 is 0 Å². The first-order valence-electron chi connectivity index (χ1n) is 9.97. The summed E-state index contributed by atoms with van der Waals surface area (Å²) in [6.45, 7) is 3.77. The van der Waals surface area contributed by atoms with Gasteiger partial charge in [-0.2, -0.15) is 0 Å². The van der Waals surface area contributed by atoms with Gasteiger partial charge in [-0.25, -0.2) is 4.79 Å². The van der Waals surface area contributed by atoms with Crippen molar-refractivity contribution in [2.75, 3.05) is 19.7 Å². The van der Waals surface area contributed by atoms with Crippen molar-refractivity contribution in [1.82, 2.24) is 10.6 Å². The number of para-hydroxylation sites is 1. The summed E-state index contributed by atoms with van der Waals surface area (Å²) in [7, 11) is 0. The lowest BCUT2D eigenvalue weighted by atomic mass is 10.1. The highest BCUT2D eigenvalue weighted by Gasteiger charge is 2.15. The molecule has 3 N–H and O–H groups in total. The first-order chi connectivity index (χ1) is 15.3. The number of carbonyl (C=O) groups excluding carboxylic acids is 1. The van der Waals surface area contributed by atoms with Crippen molar-refractivity contribution in [1.29, 1.82) is 0 Å². The first-order valence-corrected chi connectivity index (χ1v) is 10.3. The average Bonchev–Trinajstić information content (AvgIpc) is 2.75. The molecule has 2 amide bonds. The number of nitrogens with one attached hydrogen (secondary N) is 2. The zero-order valence-corrected chi connectivity index (χ0v) is 18.4. The van der Waals surface area contributed by atoms with Crippen LogP contribution in [0.1, 0.15) is 12.5 Å². The number of benzene rings is 2. The average molecular weight is 459 g/mol. The van der Waals surface area contributed by atoms with E-state index in [1.165, 1.54) is 13.0 Å². The number of ether oxygens (including phenoxy) is 1. The van der Waals surface area contributed by atoms with Crippen molar-refractivity contribution in [2.45, 2.75) is 13.8 Å². The summed E-state index contributed by atoms with van der Waals surface area (Å²) in [5.41, 5.74) is 1.61. The molecule has 0 spiro atoms. The molecule has 0 saturated carbocycles. The zero-order chi connectivity index (χ0) is 23.3. The Bertz CT molecular complexity index is 1210. The van der Waals surface area contributed by atoms with E-state index in [1.807, 2.05) is 13.0 Å². The number of halogens is 1. The molecule has 3 rings (SSSR count). The Labute approximate surface area is 189 Å².